The maximum Gasteiger partial charge on any atom is 0.310 e. The van der Waals surface area contributed by atoms with Crippen molar-refractivity contribution in [2.24, 2.45) is 11.8 Å². The van der Waals surface area contributed by atoms with E-state index >= 15 is 0 Å². The van der Waals surface area contributed by atoms with Gasteiger partial charge in [-0.25, -0.2) is 0 Å². The Morgan fingerprint density at radius 2 is 2.12 bits per heavy atom. The average Bonchev–Trinajstić information content (AvgIpc) is 3.35. The number of amides is 2. The van der Waals surface area contributed by atoms with E-state index in [0.29, 0.717) is 23.6 Å². The van der Waals surface area contributed by atoms with Gasteiger partial charge in [0.25, 0.3) is 0 Å². The van der Waals surface area contributed by atoms with Crippen molar-refractivity contribution in [1.82, 2.24) is 4.90 Å². The number of ether oxygens (including phenoxy) is 1. The molecule has 1 aromatic carbocycles. The lowest BCUT2D eigenvalue weighted by Crippen LogP contribution is -2.55. The molecule has 174 valence electrons. The fourth-order valence-electron chi connectivity index (χ4n) is 5.45. The molecule has 3 aliphatic heterocycles. The van der Waals surface area contributed by atoms with Crippen molar-refractivity contribution in [3.05, 3.63) is 29.3 Å². The summed E-state index contributed by atoms with van der Waals surface area (Å²) in [5, 5.41) is 13.2. The van der Waals surface area contributed by atoms with E-state index in [-0.39, 0.29) is 35.1 Å². The molecule has 4 rings (SSSR count). The average molecular weight is 546 g/mol. The van der Waals surface area contributed by atoms with Crippen molar-refractivity contribution in [3.8, 4) is 0 Å². The Hall–Kier alpha value is -1.29. The van der Waals surface area contributed by atoms with Gasteiger partial charge in [0.05, 0.1) is 46.5 Å². The van der Waals surface area contributed by atoms with Crippen LogP contribution in [0.2, 0.25) is 5.02 Å². The predicted octanol–water partition coefficient (Wildman–Crippen LogP) is 3.08. The van der Waals surface area contributed by atoms with Crippen molar-refractivity contribution in [2.45, 2.75) is 53.6 Å². The number of hydrogen-bond donors (Lipinski definition) is 2. The first-order valence-corrected chi connectivity index (χ1v) is 12.9. The van der Waals surface area contributed by atoms with Gasteiger partial charge in [-0.1, -0.05) is 46.6 Å². The number of para-hydroxylation sites is 1. The molecule has 0 aromatic heterocycles. The van der Waals surface area contributed by atoms with Crippen LogP contribution in [0.25, 0.3) is 0 Å². The van der Waals surface area contributed by atoms with Gasteiger partial charge < -0.3 is 20.1 Å². The number of carbonyl (C=O) groups excluding carboxylic acids is 3. The molecule has 32 heavy (non-hydrogen) atoms. The highest BCUT2D eigenvalue weighted by Crippen LogP contribution is 2.68. The van der Waals surface area contributed by atoms with E-state index in [1.54, 1.807) is 31.2 Å². The molecular weight excluding hydrogens is 520 g/mol. The Kier molecular flexibility index (Phi) is 6.83. The monoisotopic (exact) mass is 544 g/mol. The van der Waals surface area contributed by atoms with Crippen LogP contribution in [0, 0.1) is 11.8 Å². The fraction of sp³-hybridized carbons (Fsp3) is 0.591. The van der Waals surface area contributed by atoms with Gasteiger partial charge in [-0.15, -0.1) is 11.8 Å². The van der Waals surface area contributed by atoms with Crippen LogP contribution in [0.4, 0.5) is 5.69 Å². The third kappa shape index (κ3) is 3.56. The molecule has 0 aliphatic carbocycles. The lowest BCUT2D eigenvalue weighted by molar-refractivity contribution is -0.154. The summed E-state index contributed by atoms with van der Waals surface area (Å²) in [5.74, 6) is -2.34. The van der Waals surface area contributed by atoms with E-state index in [1.165, 1.54) is 16.7 Å². The minimum atomic E-state index is -0.845. The molecule has 2 N–H and O–H groups in total. The van der Waals surface area contributed by atoms with Gasteiger partial charge in [0.1, 0.15) is 6.04 Å². The zero-order valence-electron chi connectivity index (χ0n) is 17.8. The molecule has 3 heterocycles. The number of rotatable bonds is 7. The maximum atomic E-state index is 13.8. The third-order valence-electron chi connectivity index (χ3n) is 6.74. The lowest BCUT2D eigenvalue weighted by atomic mass is 9.71. The number of anilines is 1. The largest absolute Gasteiger partial charge is 0.466 e. The molecule has 2 bridgehead atoms. The van der Waals surface area contributed by atoms with Crippen LogP contribution >= 0.6 is 39.3 Å². The molecule has 3 unspecified atom stereocenters. The van der Waals surface area contributed by atoms with E-state index in [1.807, 2.05) is 6.92 Å². The third-order valence-corrected chi connectivity index (χ3v) is 10.3. The number of thioether (sulfide) groups is 1. The number of nitrogens with one attached hydrogen (secondary N) is 1. The number of hydrogen-bond acceptors (Lipinski definition) is 6. The first kappa shape index (κ1) is 23.9. The molecule has 3 fully saturated rings. The number of likely N-dealkylation sites (tertiary alicyclic amines) is 1. The van der Waals surface area contributed by atoms with E-state index in [4.69, 9.17) is 16.3 Å². The SMILES string of the molecule is CCOC(=O)[C@H]1[C@H]2C(=O)N([C@@H](CC)CO)C(C(=O)Nc3ccccc3Cl)C23CC(Br)[C@@H]1S3. The van der Waals surface area contributed by atoms with E-state index in [9.17, 15) is 19.5 Å². The molecule has 10 heteroatoms. The first-order valence-electron chi connectivity index (χ1n) is 10.8. The highest BCUT2D eigenvalue weighted by molar-refractivity contribution is 9.09. The summed E-state index contributed by atoms with van der Waals surface area (Å²) in [6.07, 6.45) is 1.05. The standard InChI is InChI=1S/C22H26BrClN2O5S/c1-3-11(10-27)26-18(19(28)25-14-8-6-5-7-13(14)24)22-9-12(23)17(32-22)15(16(22)20(26)29)21(30)31-4-2/h5-8,11-12,15-18,27H,3-4,9-10H2,1-2H3,(H,25,28)/t11-,12?,15-,16-,17-,18?,22?/m0/s1. The summed E-state index contributed by atoms with van der Waals surface area (Å²) in [5.41, 5.74) is 0.457. The summed E-state index contributed by atoms with van der Waals surface area (Å²) >= 11 is 11.5. The fourth-order valence-corrected chi connectivity index (χ4v) is 9.22. The summed E-state index contributed by atoms with van der Waals surface area (Å²) in [7, 11) is 0. The second-order valence-corrected chi connectivity index (χ2v) is 11.5. The van der Waals surface area contributed by atoms with Crippen LogP contribution in [-0.2, 0) is 19.1 Å². The molecule has 1 spiro atoms. The van der Waals surface area contributed by atoms with Crippen LogP contribution < -0.4 is 5.32 Å². The summed E-state index contributed by atoms with van der Waals surface area (Å²) in [6, 6.07) is 5.55. The molecule has 0 saturated carbocycles. The van der Waals surface area contributed by atoms with Crippen molar-refractivity contribution in [3.63, 3.8) is 0 Å². The van der Waals surface area contributed by atoms with E-state index in [0.717, 1.165) is 0 Å². The van der Waals surface area contributed by atoms with Crippen LogP contribution in [0.15, 0.2) is 24.3 Å². The van der Waals surface area contributed by atoms with Crippen LogP contribution in [0.3, 0.4) is 0 Å². The number of carbonyl (C=O) groups is 3. The van der Waals surface area contributed by atoms with Crippen LogP contribution in [0.5, 0.6) is 0 Å². The smallest absolute Gasteiger partial charge is 0.310 e. The highest BCUT2D eigenvalue weighted by Gasteiger charge is 2.76. The van der Waals surface area contributed by atoms with Crippen molar-refractivity contribution in [2.75, 3.05) is 18.5 Å². The quantitative estimate of drug-likeness (QED) is 0.404. The van der Waals surface area contributed by atoms with Gasteiger partial charge in [0, 0.05) is 10.1 Å². The Morgan fingerprint density at radius 1 is 1.41 bits per heavy atom. The summed E-state index contributed by atoms with van der Waals surface area (Å²) < 4.78 is 4.53. The lowest BCUT2D eigenvalue weighted by Gasteiger charge is -2.37. The Balaban J connectivity index is 1.77. The number of halogens is 2. The number of alkyl halides is 1. The first-order chi connectivity index (χ1) is 15.3. The number of esters is 1. The molecule has 0 radical (unpaired) electrons. The number of aliphatic hydroxyl groups is 1. The van der Waals surface area contributed by atoms with E-state index in [2.05, 4.69) is 21.2 Å². The highest BCUT2D eigenvalue weighted by atomic mass is 79.9. The number of aliphatic hydroxyl groups excluding tert-OH is 1. The summed E-state index contributed by atoms with van der Waals surface area (Å²) in [6.45, 7) is 3.56. The van der Waals surface area contributed by atoms with Crippen molar-refractivity contribution in [1.29, 1.82) is 0 Å². The molecule has 2 amide bonds. The molecule has 3 aliphatic rings. The molecule has 3 saturated heterocycles. The number of fused-ring (bicyclic) bond motifs is 1. The summed E-state index contributed by atoms with van der Waals surface area (Å²) in [4.78, 5) is 41.8. The zero-order valence-corrected chi connectivity index (χ0v) is 21.0. The number of benzene rings is 1. The number of nitrogens with zero attached hydrogens (tertiary/aromatic N) is 1. The topological polar surface area (TPSA) is 95.9 Å². The van der Waals surface area contributed by atoms with E-state index < -0.39 is 34.6 Å². The molecule has 7 atom stereocenters. The second kappa shape index (κ2) is 9.16. The Morgan fingerprint density at radius 3 is 2.75 bits per heavy atom. The van der Waals surface area contributed by atoms with Gasteiger partial charge in [-0.2, -0.15) is 0 Å². The van der Waals surface area contributed by atoms with Gasteiger partial charge in [-0.05, 0) is 31.9 Å². The van der Waals surface area contributed by atoms with Crippen molar-refractivity contribution < 1.29 is 24.2 Å². The maximum absolute atomic E-state index is 13.8. The van der Waals surface area contributed by atoms with Gasteiger partial charge in [0.2, 0.25) is 11.8 Å². The molecule has 7 nitrogen and oxygen atoms in total. The van der Waals surface area contributed by atoms with Crippen molar-refractivity contribution >= 4 is 62.8 Å². The minimum Gasteiger partial charge on any atom is -0.466 e. The van der Waals surface area contributed by atoms with Gasteiger partial charge in [-0.3, -0.25) is 14.4 Å². The normalized spacial score (nSPS) is 33.8. The molecule has 1 aromatic rings. The Bertz CT molecular complexity index is 931. The van der Waals surface area contributed by atoms with Crippen LogP contribution in [0.1, 0.15) is 26.7 Å². The predicted molar refractivity (Wildman–Crippen MR) is 127 cm³/mol. The zero-order chi connectivity index (χ0) is 23.2. The molecular formula is C22H26BrClN2O5S. The Labute approximate surface area is 204 Å². The van der Waals surface area contributed by atoms with Gasteiger partial charge in [0.15, 0.2) is 0 Å². The second-order valence-electron chi connectivity index (χ2n) is 8.37. The van der Waals surface area contributed by atoms with Gasteiger partial charge >= 0.3 is 5.97 Å². The van der Waals surface area contributed by atoms with Crippen LogP contribution in [-0.4, -0.2) is 67.9 Å². The minimum absolute atomic E-state index is 0.0317.